The molecule has 0 amide bonds. The molecule has 1 aromatic carbocycles. The summed E-state index contributed by atoms with van der Waals surface area (Å²) in [6.45, 7) is 4.03. The number of nitrogens with zero attached hydrogens (tertiary/aromatic N) is 1. The first-order valence-corrected chi connectivity index (χ1v) is 6.19. The van der Waals surface area contributed by atoms with Crippen molar-refractivity contribution in [3.63, 3.8) is 0 Å². The molecule has 1 heterocycles. The van der Waals surface area contributed by atoms with Gasteiger partial charge in [-0.15, -0.1) is 0 Å². The maximum Gasteiger partial charge on any atom is 0.149 e. The molecule has 0 radical (unpaired) electrons. The van der Waals surface area contributed by atoms with E-state index in [1.54, 1.807) is 6.20 Å². The molecule has 3 nitrogen and oxygen atoms in total. The Bertz CT molecular complexity index is 537. The summed E-state index contributed by atoms with van der Waals surface area (Å²) in [6.07, 6.45) is 1.75. The highest BCUT2D eigenvalue weighted by Gasteiger charge is 2.09. The van der Waals surface area contributed by atoms with Crippen molar-refractivity contribution >= 4 is 23.1 Å². The topological polar surface area (TPSA) is 50.9 Å². The fraction of sp³-hybridized carbons (Fsp3) is 0.214. The number of nitrogens with two attached hydrogens (primary N) is 1. The minimum absolute atomic E-state index is 0.124. The lowest BCUT2D eigenvalue weighted by molar-refractivity contribution is 0.875. The van der Waals surface area contributed by atoms with Crippen molar-refractivity contribution in [1.82, 2.24) is 4.98 Å². The van der Waals surface area contributed by atoms with E-state index in [9.17, 15) is 0 Å². The predicted octanol–water partition coefficient (Wildman–Crippen LogP) is 3.80. The van der Waals surface area contributed by atoms with Crippen LogP contribution in [-0.4, -0.2) is 4.98 Å². The first-order chi connectivity index (χ1) is 8.58. The molecule has 94 valence electrons. The van der Waals surface area contributed by atoms with Gasteiger partial charge >= 0.3 is 0 Å². The molecule has 0 aliphatic heterocycles. The van der Waals surface area contributed by atoms with Crippen LogP contribution < -0.4 is 11.1 Å². The van der Waals surface area contributed by atoms with Gasteiger partial charge in [-0.05, 0) is 43.2 Å². The molecule has 2 rings (SSSR count). The smallest absolute Gasteiger partial charge is 0.149 e. The summed E-state index contributed by atoms with van der Waals surface area (Å²) in [5.74, 6) is 0.720. The van der Waals surface area contributed by atoms with E-state index in [0.717, 1.165) is 22.0 Å². The van der Waals surface area contributed by atoms with Gasteiger partial charge in [-0.25, -0.2) is 4.98 Å². The van der Waals surface area contributed by atoms with Crippen molar-refractivity contribution in [2.45, 2.75) is 19.9 Å². The van der Waals surface area contributed by atoms with Crippen LogP contribution in [0.4, 0.5) is 11.5 Å². The van der Waals surface area contributed by atoms with Crippen LogP contribution >= 0.6 is 11.6 Å². The van der Waals surface area contributed by atoms with Crippen LogP contribution in [0.25, 0.3) is 0 Å². The van der Waals surface area contributed by atoms with Crippen LogP contribution in [0, 0.1) is 6.92 Å². The lowest BCUT2D eigenvalue weighted by Gasteiger charge is -2.17. The average Bonchev–Trinajstić information content (AvgIpc) is 2.36. The molecule has 1 atom stereocenters. The van der Waals surface area contributed by atoms with Crippen LogP contribution in [0.15, 0.2) is 36.5 Å². The molecule has 0 bridgehead atoms. The Balaban J connectivity index is 2.18. The summed E-state index contributed by atoms with van der Waals surface area (Å²) >= 11 is 5.87. The molecular weight excluding hydrogens is 246 g/mol. The van der Waals surface area contributed by atoms with Crippen molar-refractivity contribution in [1.29, 1.82) is 0 Å². The van der Waals surface area contributed by atoms with Crippen molar-refractivity contribution < 1.29 is 0 Å². The van der Waals surface area contributed by atoms with Crippen molar-refractivity contribution in [3.05, 3.63) is 52.7 Å². The van der Waals surface area contributed by atoms with Crippen LogP contribution in [-0.2, 0) is 0 Å². The number of benzene rings is 1. The molecule has 4 heteroatoms. The number of anilines is 2. The SMILES string of the molecule is Cc1ccnc(NC(C)c2ccc(Cl)cc2)c1N. The Labute approximate surface area is 112 Å². The van der Waals surface area contributed by atoms with Gasteiger partial charge in [0.1, 0.15) is 5.82 Å². The predicted molar refractivity (Wildman–Crippen MR) is 76.9 cm³/mol. The van der Waals surface area contributed by atoms with Crippen LogP contribution in [0.2, 0.25) is 5.02 Å². The molecule has 0 aliphatic carbocycles. The Hall–Kier alpha value is -1.74. The van der Waals surface area contributed by atoms with E-state index in [4.69, 9.17) is 17.3 Å². The first-order valence-electron chi connectivity index (χ1n) is 5.81. The van der Waals surface area contributed by atoms with Gasteiger partial charge in [0.05, 0.1) is 11.7 Å². The average molecular weight is 262 g/mol. The van der Waals surface area contributed by atoms with Crippen molar-refractivity contribution in [3.8, 4) is 0 Å². The molecule has 2 aromatic rings. The molecule has 0 saturated heterocycles. The number of rotatable bonds is 3. The normalized spacial score (nSPS) is 12.2. The van der Waals surface area contributed by atoms with E-state index in [0.29, 0.717) is 5.69 Å². The maximum absolute atomic E-state index is 5.99. The number of halogens is 1. The first kappa shape index (κ1) is 12.7. The minimum Gasteiger partial charge on any atom is -0.396 e. The molecule has 1 aromatic heterocycles. The highest BCUT2D eigenvalue weighted by atomic mass is 35.5. The van der Waals surface area contributed by atoms with Gasteiger partial charge < -0.3 is 11.1 Å². The molecule has 0 spiro atoms. The van der Waals surface area contributed by atoms with Crippen LogP contribution in [0.1, 0.15) is 24.1 Å². The summed E-state index contributed by atoms with van der Waals surface area (Å²) in [6, 6.07) is 9.76. The summed E-state index contributed by atoms with van der Waals surface area (Å²) in [4.78, 5) is 4.26. The monoisotopic (exact) mass is 261 g/mol. The van der Waals surface area contributed by atoms with Gasteiger partial charge in [-0.2, -0.15) is 0 Å². The molecular formula is C14H16ClN3. The number of pyridine rings is 1. The Morgan fingerprint density at radius 2 is 1.89 bits per heavy atom. The summed E-state index contributed by atoms with van der Waals surface area (Å²) < 4.78 is 0. The molecule has 1 unspecified atom stereocenters. The van der Waals surface area contributed by atoms with E-state index in [-0.39, 0.29) is 6.04 Å². The van der Waals surface area contributed by atoms with E-state index in [2.05, 4.69) is 17.2 Å². The van der Waals surface area contributed by atoms with Gasteiger partial charge in [0, 0.05) is 11.2 Å². The second-order valence-electron chi connectivity index (χ2n) is 4.31. The highest BCUT2D eigenvalue weighted by molar-refractivity contribution is 6.30. The summed E-state index contributed by atoms with van der Waals surface area (Å²) in [5, 5.41) is 4.04. The van der Waals surface area contributed by atoms with Gasteiger partial charge in [-0.1, -0.05) is 23.7 Å². The highest BCUT2D eigenvalue weighted by Crippen LogP contribution is 2.24. The van der Waals surface area contributed by atoms with E-state index in [1.807, 2.05) is 37.3 Å². The fourth-order valence-electron chi connectivity index (χ4n) is 1.72. The van der Waals surface area contributed by atoms with Crippen molar-refractivity contribution in [2.75, 3.05) is 11.1 Å². The molecule has 0 fully saturated rings. The number of hydrogen-bond donors (Lipinski definition) is 2. The quantitative estimate of drug-likeness (QED) is 0.884. The standard InChI is InChI=1S/C14H16ClN3/c1-9-7-8-17-14(13(9)16)18-10(2)11-3-5-12(15)6-4-11/h3-8,10H,16H2,1-2H3,(H,17,18). The Morgan fingerprint density at radius 3 is 2.56 bits per heavy atom. The van der Waals surface area contributed by atoms with E-state index in [1.165, 1.54) is 0 Å². The van der Waals surface area contributed by atoms with Crippen LogP contribution in [0.3, 0.4) is 0 Å². The zero-order valence-electron chi connectivity index (χ0n) is 10.4. The third kappa shape index (κ3) is 2.74. The summed E-state index contributed by atoms with van der Waals surface area (Å²) in [5.41, 5.74) is 8.84. The largest absolute Gasteiger partial charge is 0.396 e. The third-order valence-corrected chi connectivity index (χ3v) is 3.18. The molecule has 3 N–H and O–H groups in total. The van der Waals surface area contributed by atoms with Gasteiger partial charge in [0.2, 0.25) is 0 Å². The van der Waals surface area contributed by atoms with Crippen molar-refractivity contribution in [2.24, 2.45) is 0 Å². The van der Waals surface area contributed by atoms with Gasteiger partial charge in [0.25, 0.3) is 0 Å². The number of aryl methyl sites for hydroxylation is 1. The third-order valence-electron chi connectivity index (χ3n) is 2.93. The molecule has 0 aliphatic rings. The Kier molecular flexibility index (Phi) is 3.72. The molecule has 0 saturated carbocycles. The summed E-state index contributed by atoms with van der Waals surface area (Å²) in [7, 11) is 0. The van der Waals surface area contributed by atoms with Gasteiger partial charge in [-0.3, -0.25) is 0 Å². The van der Waals surface area contributed by atoms with Crippen LogP contribution in [0.5, 0.6) is 0 Å². The maximum atomic E-state index is 5.99. The second kappa shape index (κ2) is 5.27. The minimum atomic E-state index is 0.124. The lowest BCUT2D eigenvalue weighted by atomic mass is 10.1. The Morgan fingerprint density at radius 1 is 1.22 bits per heavy atom. The number of hydrogen-bond acceptors (Lipinski definition) is 3. The molecule has 18 heavy (non-hydrogen) atoms. The number of aromatic nitrogens is 1. The van der Waals surface area contributed by atoms with E-state index >= 15 is 0 Å². The zero-order chi connectivity index (χ0) is 13.1. The number of nitrogens with one attached hydrogen (secondary N) is 1. The van der Waals surface area contributed by atoms with E-state index < -0.39 is 0 Å². The number of nitrogen functional groups attached to an aromatic ring is 1. The fourth-order valence-corrected chi connectivity index (χ4v) is 1.85. The second-order valence-corrected chi connectivity index (χ2v) is 4.74. The van der Waals surface area contributed by atoms with Gasteiger partial charge in [0.15, 0.2) is 0 Å². The lowest BCUT2D eigenvalue weighted by Crippen LogP contribution is -2.10. The zero-order valence-corrected chi connectivity index (χ0v) is 11.2.